The van der Waals surface area contributed by atoms with Crippen molar-refractivity contribution in [2.24, 2.45) is 0 Å². The summed E-state index contributed by atoms with van der Waals surface area (Å²) < 4.78 is 0. The summed E-state index contributed by atoms with van der Waals surface area (Å²) in [5, 5.41) is 5.60. The number of anilines is 3. The molecule has 1 saturated heterocycles. The zero-order chi connectivity index (χ0) is 16.9. The minimum Gasteiger partial charge on any atom is -0.312 e. The second-order valence-corrected chi connectivity index (χ2v) is 6.00. The number of carbonyl (C=O) groups is 2. The Morgan fingerprint density at radius 3 is 2.46 bits per heavy atom. The van der Waals surface area contributed by atoms with E-state index in [1.165, 1.54) is 0 Å². The van der Waals surface area contributed by atoms with Crippen molar-refractivity contribution in [2.45, 2.75) is 26.2 Å². The van der Waals surface area contributed by atoms with E-state index in [0.29, 0.717) is 12.1 Å². The Kier molecular flexibility index (Phi) is 4.79. The van der Waals surface area contributed by atoms with Crippen molar-refractivity contribution < 1.29 is 9.59 Å². The lowest BCUT2D eigenvalue weighted by Gasteiger charge is -2.26. The number of nitrogens with zero attached hydrogens (tertiary/aromatic N) is 1. The standard InChI is InChI=1S/C19H21N3O2/c1-14-5-4-6-16(13-14)21-19(24)20-15-8-10-17(11-9-15)22-12-3-2-7-18(22)23/h4-6,8-11,13H,2-3,7,12H2,1H3,(H2,20,21,24). The molecule has 1 fully saturated rings. The fourth-order valence-electron chi connectivity index (χ4n) is 2.82. The Labute approximate surface area is 141 Å². The summed E-state index contributed by atoms with van der Waals surface area (Å²) in [5.74, 6) is 0.166. The van der Waals surface area contributed by atoms with E-state index >= 15 is 0 Å². The second kappa shape index (κ2) is 7.17. The monoisotopic (exact) mass is 323 g/mol. The van der Waals surface area contributed by atoms with Crippen LogP contribution in [0.4, 0.5) is 21.9 Å². The lowest BCUT2D eigenvalue weighted by atomic mass is 10.1. The van der Waals surface area contributed by atoms with Gasteiger partial charge in [0, 0.05) is 30.0 Å². The zero-order valence-electron chi connectivity index (χ0n) is 13.7. The number of rotatable bonds is 3. The van der Waals surface area contributed by atoms with Crippen LogP contribution in [0.1, 0.15) is 24.8 Å². The number of nitrogens with one attached hydrogen (secondary N) is 2. The number of benzene rings is 2. The lowest BCUT2D eigenvalue weighted by molar-refractivity contribution is -0.119. The molecule has 0 bridgehead atoms. The molecule has 124 valence electrons. The van der Waals surface area contributed by atoms with Crippen LogP contribution in [0.25, 0.3) is 0 Å². The van der Waals surface area contributed by atoms with Gasteiger partial charge in [-0.2, -0.15) is 0 Å². The predicted octanol–water partition coefficient (Wildman–Crippen LogP) is 4.16. The van der Waals surface area contributed by atoms with Crippen LogP contribution in [0, 0.1) is 6.92 Å². The summed E-state index contributed by atoms with van der Waals surface area (Å²) in [4.78, 5) is 25.8. The van der Waals surface area contributed by atoms with Gasteiger partial charge in [-0.05, 0) is 61.7 Å². The van der Waals surface area contributed by atoms with E-state index in [1.54, 1.807) is 4.90 Å². The molecular formula is C19H21N3O2. The van der Waals surface area contributed by atoms with E-state index in [1.807, 2.05) is 55.5 Å². The molecule has 1 heterocycles. The summed E-state index contributed by atoms with van der Waals surface area (Å²) in [7, 11) is 0. The molecule has 1 aliphatic heterocycles. The number of urea groups is 1. The van der Waals surface area contributed by atoms with Crippen molar-refractivity contribution in [3.8, 4) is 0 Å². The van der Waals surface area contributed by atoms with Gasteiger partial charge in [0.2, 0.25) is 5.91 Å². The Bertz CT molecular complexity index is 741. The van der Waals surface area contributed by atoms with E-state index in [2.05, 4.69) is 10.6 Å². The summed E-state index contributed by atoms with van der Waals surface area (Å²) in [6.45, 7) is 2.74. The molecule has 3 rings (SSSR count). The smallest absolute Gasteiger partial charge is 0.312 e. The Morgan fingerprint density at radius 2 is 1.75 bits per heavy atom. The van der Waals surface area contributed by atoms with Gasteiger partial charge in [-0.15, -0.1) is 0 Å². The maximum atomic E-state index is 12.0. The van der Waals surface area contributed by atoms with Crippen LogP contribution in [-0.2, 0) is 4.79 Å². The van der Waals surface area contributed by atoms with Crippen LogP contribution in [0.3, 0.4) is 0 Å². The molecule has 0 atom stereocenters. The molecule has 0 aromatic heterocycles. The fraction of sp³-hybridized carbons (Fsp3) is 0.263. The average molecular weight is 323 g/mol. The predicted molar refractivity (Wildman–Crippen MR) is 96.5 cm³/mol. The summed E-state index contributed by atoms with van der Waals surface area (Å²) in [5.41, 5.74) is 3.41. The van der Waals surface area contributed by atoms with Crippen LogP contribution in [0.15, 0.2) is 48.5 Å². The molecule has 2 aromatic carbocycles. The van der Waals surface area contributed by atoms with Gasteiger partial charge in [0.15, 0.2) is 0 Å². The minimum absolute atomic E-state index is 0.166. The van der Waals surface area contributed by atoms with E-state index < -0.39 is 0 Å². The van der Waals surface area contributed by atoms with Gasteiger partial charge in [0.05, 0.1) is 0 Å². The second-order valence-electron chi connectivity index (χ2n) is 6.00. The highest BCUT2D eigenvalue weighted by molar-refractivity contribution is 6.00. The first-order chi connectivity index (χ1) is 11.6. The summed E-state index contributed by atoms with van der Waals surface area (Å²) in [6.07, 6.45) is 2.61. The van der Waals surface area contributed by atoms with Crippen molar-refractivity contribution in [1.29, 1.82) is 0 Å². The van der Waals surface area contributed by atoms with Gasteiger partial charge in [0.25, 0.3) is 0 Å². The maximum absolute atomic E-state index is 12.0. The molecule has 5 heteroatoms. The Balaban J connectivity index is 1.61. The van der Waals surface area contributed by atoms with Gasteiger partial charge in [-0.3, -0.25) is 4.79 Å². The zero-order valence-corrected chi connectivity index (χ0v) is 13.7. The van der Waals surface area contributed by atoms with Crippen molar-refractivity contribution >= 4 is 29.0 Å². The highest BCUT2D eigenvalue weighted by Crippen LogP contribution is 2.22. The SMILES string of the molecule is Cc1cccc(NC(=O)Nc2ccc(N3CCCCC3=O)cc2)c1. The molecule has 1 aliphatic rings. The number of hydrogen-bond donors (Lipinski definition) is 2. The molecule has 2 N–H and O–H groups in total. The highest BCUT2D eigenvalue weighted by Gasteiger charge is 2.19. The molecule has 0 aliphatic carbocycles. The Hall–Kier alpha value is -2.82. The maximum Gasteiger partial charge on any atom is 0.323 e. The first kappa shape index (κ1) is 16.1. The van der Waals surface area contributed by atoms with Crippen LogP contribution in [0.2, 0.25) is 0 Å². The van der Waals surface area contributed by atoms with E-state index in [0.717, 1.165) is 36.3 Å². The molecule has 2 aromatic rings. The van der Waals surface area contributed by atoms with Gasteiger partial charge >= 0.3 is 6.03 Å². The van der Waals surface area contributed by atoms with Crippen LogP contribution < -0.4 is 15.5 Å². The quantitative estimate of drug-likeness (QED) is 0.891. The number of hydrogen-bond acceptors (Lipinski definition) is 2. The van der Waals surface area contributed by atoms with Crippen LogP contribution in [0.5, 0.6) is 0 Å². The molecule has 5 nitrogen and oxygen atoms in total. The van der Waals surface area contributed by atoms with Crippen molar-refractivity contribution in [3.63, 3.8) is 0 Å². The largest absolute Gasteiger partial charge is 0.323 e. The molecule has 24 heavy (non-hydrogen) atoms. The minimum atomic E-state index is -0.289. The molecule has 0 spiro atoms. The summed E-state index contributed by atoms with van der Waals surface area (Å²) >= 11 is 0. The third-order valence-electron chi connectivity index (χ3n) is 4.04. The van der Waals surface area contributed by atoms with E-state index in [9.17, 15) is 9.59 Å². The van der Waals surface area contributed by atoms with Crippen molar-refractivity contribution in [1.82, 2.24) is 0 Å². The number of piperidine rings is 1. The molecule has 3 amide bonds. The van der Waals surface area contributed by atoms with Crippen molar-refractivity contribution in [2.75, 3.05) is 22.1 Å². The number of aryl methyl sites for hydroxylation is 1. The lowest BCUT2D eigenvalue weighted by Crippen LogP contribution is -2.35. The number of amides is 3. The molecular weight excluding hydrogens is 302 g/mol. The van der Waals surface area contributed by atoms with Gasteiger partial charge in [0.1, 0.15) is 0 Å². The third-order valence-corrected chi connectivity index (χ3v) is 4.04. The number of carbonyl (C=O) groups excluding carboxylic acids is 2. The van der Waals surface area contributed by atoms with Crippen LogP contribution in [-0.4, -0.2) is 18.5 Å². The highest BCUT2D eigenvalue weighted by atomic mass is 16.2. The van der Waals surface area contributed by atoms with Crippen molar-refractivity contribution in [3.05, 3.63) is 54.1 Å². The van der Waals surface area contributed by atoms with Crippen LogP contribution >= 0.6 is 0 Å². The average Bonchev–Trinajstić information content (AvgIpc) is 2.56. The molecule has 0 unspecified atom stereocenters. The fourth-order valence-corrected chi connectivity index (χ4v) is 2.82. The summed E-state index contributed by atoms with van der Waals surface area (Å²) in [6, 6.07) is 14.7. The van der Waals surface area contributed by atoms with Gasteiger partial charge in [-0.25, -0.2) is 4.79 Å². The van der Waals surface area contributed by atoms with Gasteiger partial charge in [-0.1, -0.05) is 12.1 Å². The first-order valence-electron chi connectivity index (χ1n) is 8.17. The normalized spacial score (nSPS) is 14.4. The third kappa shape index (κ3) is 3.93. The van der Waals surface area contributed by atoms with E-state index in [4.69, 9.17) is 0 Å². The Morgan fingerprint density at radius 1 is 1.00 bits per heavy atom. The van der Waals surface area contributed by atoms with E-state index in [-0.39, 0.29) is 11.9 Å². The first-order valence-corrected chi connectivity index (χ1v) is 8.17. The molecule has 0 saturated carbocycles. The molecule has 0 radical (unpaired) electrons. The van der Waals surface area contributed by atoms with Gasteiger partial charge < -0.3 is 15.5 Å². The topological polar surface area (TPSA) is 61.4 Å².